The van der Waals surface area contributed by atoms with Crippen LogP contribution in [0.5, 0.6) is 0 Å². The molecule has 27 heavy (non-hydrogen) atoms. The van der Waals surface area contributed by atoms with Gasteiger partial charge in [0.2, 0.25) is 0 Å². The van der Waals surface area contributed by atoms with Gasteiger partial charge in [0, 0.05) is 36.7 Å². The number of rotatable bonds is 5. The Labute approximate surface area is 166 Å². The highest BCUT2D eigenvalue weighted by molar-refractivity contribution is 5.85. The predicted molar refractivity (Wildman–Crippen MR) is 108 cm³/mol. The Morgan fingerprint density at radius 2 is 1.74 bits per heavy atom. The fraction of sp³-hybridized carbons (Fsp3) is 0.429. The highest BCUT2D eigenvalue weighted by Crippen LogP contribution is 2.39. The van der Waals surface area contributed by atoms with Gasteiger partial charge in [0.25, 0.3) is 0 Å². The lowest BCUT2D eigenvalue weighted by atomic mass is 9.91. The number of anilines is 1. The maximum atomic E-state index is 12.6. The van der Waals surface area contributed by atoms with Gasteiger partial charge in [-0.05, 0) is 49.3 Å². The molecule has 0 saturated carbocycles. The van der Waals surface area contributed by atoms with Crippen molar-refractivity contribution in [2.24, 2.45) is 5.92 Å². The molecular weight excluding hydrogens is 362 g/mol. The number of amides is 1. The Morgan fingerprint density at radius 1 is 1.07 bits per heavy atom. The summed E-state index contributed by atoms with van der Waals surface area (Å²) in [5.41, 5.74) is 2.14. The van der Waals surface area contributed by atoms with E-state index >= 15 is 0 Å². The van der Waals surface area contributed by atoms with Gasteiger partial charge >= 0.3 is 6.09 Å². The van der Waals surface area contributed by atoms with Gasteiger partial charge in [0.15, 0.2) is 0 Å². The monoisotopic (exact) mass is 387 g/mol. The van der Waals surface area contributed by atoms with Crippen LogP contribution in [0, 0.1) is 5.92 Å². The molecule has 0 spiro atoms. The maximum Gasteiger partial charge on any atom is 0.410 e. The molecule has 144 valence electrons. The average Bonchev–Trinajstić information content (AvgIpc) is 2.96. The van der Waals surface area contributed by atoms with E-state index in [1.54, 1.807) is 12.4 Å². The summed E-state index contributed by atoms with van der Waals surface area (Å²) in [7, 11) is 0. The second-order valence-corrected chi connectivity index (χ2v) is 7.29. The summed E-state index contributed by atoms with van der Waals surface area (Å²) in [6.45, 7) is 1.30. The van der Waals surface area contributed by atoms with E-state index in [0.29, 0.717) is 24.6 Å². The molecule has 0 radical (unpaired) electrons. The largest absolute Gasteiger partial charge is 0.445 e. The second-order valence-electron chi connectivity index (χ2n) is 7.29. The lowest BCUT2D eigenvalue weighted by Gasteiger charge is -2.38. The first-order valence-electron chi connectivity index (χ1n) is 9.42. The fourth-order valence-corrected chi connectivity index (χ4v) is 4.28. The van der Waals surface area contributed by atoms with Gasteiger partial charge in [0.1, 0.15) is 6.61 Å². The van der Waals surface area contributed by atoms with E-state index < -0.39 is 0 Å². The van der Waals surface area contributed by atoms with Crippen LogP contribution in [0.15, 0.2) is 54.9 Å². The molecule has 2 fully saturated rings. The third-order valence-electron chi connectivity index (χ3n) is 5.52. The molecule has 3 atom stereocenters. The van der Waals surface area contributed by atoms with Gasteiger partial charge in [-0.3, -0.25) is 4.98 Å². The number of fused-ring (bicyclic) bond motifs is 2. The summed E-state index contributed by atoms with van der Waals surface area (Å²) in [6.07, 6.45) is 7.74. The number of nitrogens with zero attached hydrogens (tertiary/aromatic N) is 2. The molecule has 2 aliphatic heterocycles. The minimum Gasteiger partial charge on any atom is -0.445 e. The number of hydrogen-bond donors (Lipinski definition) is 1. The number of carbonyl (C=O) groups is 1. The van der Waals surface area contributed by atoms with Gasteiger partial charge in [-0.15, -0.1) is 12.4 Å². The number of nitrogens with one attached hydrogen (secondary N) is 1. The lowest BCUT2D eigenvalue weighted by Crippen LogP contribution is -2.47. The molecule has 1 aromatic heterocycles. The van der Waals surface area contributed by atoms with Crippen LogP contribution in [0.25, 0.3) is 0 Å². The van der Waals surface area contributed by atoms with Crippen LogP contribution in [0.4, 0.5) is 10.5 Å². The Hall–Kier alpha value is -2.27. The molecule has 3 heterocycles. The van der Waals surface area contributed by atoms with Gasteiger partial charge < -0.3 is 15.0 Å². The molecule has 4 rings (SSSR count). The number of pyridine rings is 1. The second kappa shape index (κ2) is 9.09. The maximum absolute atomic E-state index is 12.6. The van der Waals surface area contributed by atoms with Crippen molar-refractivity contribution in [3.8, 4) is 0 Å². The number of aromatic nitrogens is 1. The molecule has 2 bridgehead atoms. The Bertz CT molecular complexity index is 715. The predicted octanol–water partition coefficient (Wildman–Crippen LogP) is 4.50. The quantitative estimate of drug-likeness (QED) is 0.820. The molecule has 0 aliphatic carbocycles. The summed E-state index contributed by atoms with van der Waals surface area (Å²) in [5.74, 6) is 0.596. The summed E-state index contributed by atoms with van der Waals surface area (Å²) < 4.78 is 5.58. The van der Waals surface area contributed by atoms with E-state index in [0.717, 1.165) is 43.5 Å². The zero-order chi connectivity index (χ0) is 17.8. The van der Waals surface area contributed by atoms with Gasteiger partial charge in [-0.1, -0.05) is 30.3 Å². The Balaban J connectivity index is 0.00000210. The van der Waals surface area contributed by atoms with Gasteiger partial charge in [0.05, 0.1) is 0 Å². The van der Waals surface area contributed by atoms with Crippen LogP contribution >= 0.6 is 12.4 Å². The van der Waals surface area contributed by atoms with Crippen molar-refractivity contribution in [3.05, 3.63) is 60.4 Å². The van der Waals surface area contributed by atoms with E-state index in [2.05, 4.69) is 10.3 Å². The van der Waals surface area contributed by atoms with E-state index in [-0.39, 0.29) is 18.5 Å². The SMILES string of the molecule is Cl.O=C(OCc1ccccc1)N1[C@@H]2CC[C@H]1CC(CNc1ccncc1)C2. The van der Waals surface area contributed by atoms with Crippen LogP contribution in [0.1, 0.15) is 31.2 Å². The molecule has 1 amide bonds. The number of carbonyl (C=O) groups excluding carboxylic acids is 1. The van der Waals surface area contributed by atoms with Crippen molar-refractivity contribution in [2.45, 2.75) is 44.4 Å². The summed E-state index contributed by atoms with van der Waals surface area (Å²) >= 11 is 0. The van der Waals surface area contributed by atoms with Crippen LogP contribution < -0.4 is 5.32 Å². The standard InChI is InChI=1S/C21H25N3O2.ClH/c25-21(26-15-16-4-2-1-3-5-16)24-19-6-7-20(24)13-17(12-19)14-23-18-8-10-22-11-9-18;/h1-5,8-11,17,19-20H,6-7,12-15H2,(H,22,23);1H/t17?,19-,20+;. The summed E-state index contributed by atoms with van der Waals surface area (Å²) in [6, 6.07) is 14.5. The van der Waals surface area contributed by atoms with Crippen LogP contribution in [-0.2, 0) is 11.3 Å². The molecule has 2 aromatic rings. The Morgan fingerprint density at radius 3 is 2.41 bits per heavy atom. The molecule has 6 heteroatoms. The topological polar surface area (TPSA) is 54.5 Å². The highest BCUT2D eigenvalue weighted by atomic mass is 35.5. The van der Waals surface area contributed by atoms with E-state index in [1.807, 2.05) is 47.4 Å². The number of ether oxygens (including phenoxy) is 1. The van der Waals surface area contributed by atoms with Gasteiger partial charge in [-0.25, -0.2) is 4.79 Å². The van der Waals surface area contributed by atoms with Crippen LogP contribution in [0.3, 0.4) is 0 Å². The van der Waals surface area contributed by atoms with Crippen molar-refractivity contribution in [2.75, 3.05) is 11.9 Å². The molecule has 1 N–H and O–H groups in total. The molecule has 2 saturated heterocycles. The number of piperidine rings is 1. The summed E-state index contributed by atoms with van der Waals surface area (Å²) in [5, 5.41) is 3.50. The van der Waals surface area contributed by atoms with Crippen LogP contribution in [0.2, 0.25) is 0 Å². The van der Waals surface area contributed by atoms with Crippen molar-refractivity contribution in [1.82, 2.24) is 9.88 Å². The molecule has 1 aromatic carbocycles. The third kappa shape index (κ3) is 4.72. The first kappa shape index (κ1) is 19.5. The normalized spacial score (nSPS) is 23.4. The number of benzene rings is 1. The van der Waals surface area contributed by atoms with Gasteiger partial charge in [-0.2, -0.15) is 0 Å². The molecule has 2 aliphatic rings. The average molecular weight is 388 g/mol. The summed E-state index contributed by atoms with van der Waals surface area (Å²) in [4.78, 5) is 18.7. The van der Waals surface area contributed by atoms with E-state index in [4.69, 9.17) is 4.74 Å². The first-order chi connectivity index (χ1) is 12.8. The zero-order valence-corrected chi connectivity index (χ0v) is 16.1. The van der Waals surface area contributed by atoms with Crippen molar-refractivity contribution >= 4 is 24.2 Å². The minimum atomic E-state index is -0.151. The minimum absolute atomic E-state index is 0. The Kier molecular flexibility index (Phi) is 6.56. The van der Waals surface area contributed by atoms with Crippen molar-refractivity contribution in [3.63, 3.8) is 0 Å². The van der Waals surface area contributed by atoms with E-state index in [9.17, 15) is 4.79 Å². The molecule has 5 nitrogen and oxygen atoms in total. The fourth-order valence-electron chi connectivity index (χ4n) is 4.28. The molecule has 1 unspecified atom stereocenters. The van der Waals surface area contributed by atoms with E-state index in [1.165, 1.54) is 0 Å². The number of hydrogen-bond acceptors (Lipinski definition) is 4. The zero-order valence-electron chi connectivity index (χ0n) is 15.3. The smallest absolute Gasteiger partial charge is 0.410 e. The van der Waals surface area contributed by atoms with Crippen molar-refractivity contribution in [1.29, 1.82) is 0 Å². The third-order valence-corrected chi connectivity index (χ3v) is 5.52. The lowest BCUT2D eigenvalue weighted by molar-refractivity contribution is 0.0546. The molecular formula is C21H26ClN3O2. The van der Waals surface area contributed by atoms with Crippen molar-refractivity contribution < 1.29 is 9.53 Å². The number of halogens is 1. The first-order valence-corrected chi connectivity index (χ1v) is 9.42. The highest BCUT2D eigenvalue weighted by Gasteiger charge is 2.43. The van der Waals surface area contributed by atoms with Crippen LogP contribution in [-0.4, -0.2) is 34.6 Å².